The lowest BCUT2D eigenvalue weighted by molar-refractivity contribution is -0.113. The summed E-state index contributed by atoms with van der Waals surface area (Å²) in [5, 5.41) is 0. The average molecular weight is 206 g/mol. The summed E-state index contributed by atoms with van der Waals surface area (Å²) in [6.45, 7) is 12.0. The second-order valence-corrected chi connectivity index (χ2v) is 3.32. The van der Waals surface area contributed by atoms with Crippen molar-refractivity contribution in [2.45, 2.75) is 20.8 Å². The van der Waals surface area contributed by atoms with Crippen LogP contribution >= 0.6 is 0 Å². The topological polar surface area (TPSA) is 34.1 Å². The summed E-state index contributed by atoms with van der Waals surface area (Å²) in [5.41, 5.74) is 1.90. The molecule has 2 nitrogen and oxygen atoms in total. The molecule has 0 atom stereocenters. The molecular weight excluding hydrogens is 188 g/mol. The summed E-state index contributed by atoms with van der Waals surface area (Å²) in [7, 11) is 0. The van der Waals surface area contributed by atoms with Crippen LogP contribution in [0.3, 0.4) is 0 Å². The molecule has 0 aromatic heterocycles. The number of allylic oxidation sites excluding steroid dienone is 6. The lowest BCUT2D eigenvalue weighted by Gasteiger charge is -2.01. The summed E-state index contributed by atoms with van der Waals surface area (Å²) in [6, 6.07) is 0. The maximum absolute atomic E-state index is 11.1. The number of ketones is 2. The molecule has 0 aromatic rings. The standard InChI is InChI=1S/C13H16O2.H2/c1-6-13(12(5)15)8-10(3)9(2)7-11(4)14;/h6-8H,1,3H2,2,4-5H3;1H/b9-7-,13-8+;. The van der Waals surface area contributed by atoms with Gasteiger partial charge in [-0.2, -0.15) is 0 Å². The van der Waals surface area contributed by atoms with Gasteiger partial charge in [0.25, 0.3) is 0 Å². The van der Waals surface area contributed by atoms with Crippen LogP contribution in [0, 0.1) is 0 Å². The lowest BCUT2D eigenvalue weighted by Crippen LogP contribution is -1.94. The summed E-state index contributed by atoms with van der Waals surface area (Å²) in [6.07, 6.45) is 4.60. The molecule has 0 N–H and O–H groups in total. The third-order valence-electron chi connectivity index (χ3n) is 1.88. The Balaban J connectivity index is 0. The highest BCUT2D eigenvalue weighted by molar-refractivity contribution is 5.96. The van der Waals surface area contributed by atoms with Gasteiger partial charge in [-0.15, -0.1) is 0 Å². The van der Waals surface area contributed by atoms with Gasteiger partial charge in [0.15, 0.2) is 11.6 Å². The number of carbonyl (C=O) groups is 2. The molecule has 15 heavy (non-hydrogen) atoms. The van der Waals surface area contributed by atoms with Gasteiger partial charge in [-0.05, 0) is 44.1 Å². The molecule has 0 aromatic carbocycles. The molecule has 0 spiro atoms. The average Bonchev–Trinajstić information content (AvgIpc) is 2.11. The predicted octanol–water partition coefficient (Wildman–Crippen LogP) is 3.03. The van der Waals surface area contributed by atoms with Gasteiger partial charge in [0.2, 0.25) is 0 Å². The summed E-state index contributed by atoms with van der Waals surface area (Å²) in [5.74, 6) is -0.105. The fourth-order valence-corrected chi connectivity index (χ4v) is 1.00. The summed E-state index contributed by atoms with van der Waals surface area (Å²) < 4.78 is 0. The Bertz CT molecular complexity index is 373. The van der Waals surface area contributed by atoms with Crippen molar-refractivity contribution < 1.29 is 11.0 Å². The maximum Gasteiger partial charge on any atom is 0.159 e. The van der Waals surface area contributed by atoms with E-state index in [1.165, 1.54) is 26.0 Å². The third-order valence-corrected chi connectivity index (χ3v) is 1.88. The Morgan fingerprint density at radius 3 is 2.00 bits per heavy atom. The van der Waals surface area contributed by atoms with Gasteiger partial charge in [-0.1, -0.05) is 19.2 Å². The summed E-state index contributed by atoms with van der Waals surface area (Å²) in [4.78, 5) is 21.9. The minimum Gasteiger partial charge on any atom is -0.295 e. The largest absolute Gasteiger partial charge is 0.295 e. The first-order valence-electron chi connectivity index (χ1n) is 4.61. The monoisotopic (exact) mass is 206 g/mol. The Morgan fingerprint density at radius 1 is 1.13 bits per heavy atom. The minimum absolute atomic E-state index is 0. The van der Waals surface area contributed by atoms with Crippen molar-refractivity contribution in [2.75, 3.05) is 0 Å². The van der Waals surface area contributed by atoms with E-state index in [1.54, 1.807) is 13.0 Å². The van der Waals surface area contributed by atoms with Crippen LogP contribution in [0.5, 0.6) is 0 Å². The van der Waals surface area contributed by atoms with Crippen molar-refractivity contribution in [1.82, 2.24) is 0 Å². The smallest absolute Gasteiger partial charge is 0.159 e. The molecule has 0 saturated heterocycles. The molecule has 0 bridgehead atoms. The van der Waals surface area contributed by atoms with E-state index in [4.69, 9.17) is 0 Å². The fourth-order valence-electron chi connectivity index (χ4n) is 1.00. The molecule has 0 fully saturated rings. The first-order valence-corrected chi connectivity index (χ1v) is 4.61. The Hall–Kier alpha value is -1.70. The van der Waals surface area contributed by atoms with E-state index < -0.39 is 0 Å². The predicted molar refractivity (Wildman–Crippen MR) is 64.7 cm³/mol. The van der Waals surface area contributed by atoms with Gasteiger partial charge in [0.05, 0.1) is 0 Å². The fraction of sp³-hybridized carbons (Fsp3) is 0.231. The molecule has 82 valence electrons. The zero-order valence-corrected chi connectivity index (χ0v) is 9.46. The van der Waals surface area contributed by atoms with Gasteiger partial charge in [-0.25, -0.2) is 0 Å². The molecule has 0 heterocycles. The number of hydrogen-bond donors (Lipinski definition) is 0. The molecule has 0 saturated carbocycles. The molecule has 0 rings (SSSR count). The molecule has 0 amide bonds. The van der Waals surface area contributed by atoms with E-state index in [-0.39, 0.29) is 13.0 Å². The van der Waals surface area contributed by atoms with Crippen LogP contribution in [-0.2, 0) is 9.59 Å². The van der Waals surface area contributed by atoms with E-state index in [0.717, 1.165) is 5.57 Å². The normalized spacial score (nSPS) is 12.2. The van der Waals surface area contributed by atoms with Crippen LogP contribution in [-0.4, -0.2) is 11.6 Å². The van der Waals surface area contributed by atoms with E-state index in [1.807, 2.05) is 0 Å². The Kier molecular flexibility index (Phi) is 5.24. The molecular formula is C13H18O2. The highest BCUT2D eigenvalue weighted by Gasteiger charge is 2.01. The molecule has 0 unspecified atom stereocenters. The highest BCUT2D eigenvalue weighted by atomic mass is 16.1. The first-order chi connectivity index (χ1) is 6.88. The van der Waals surface area contributed by atoms with Crippen LogP contribution in [0.4, 0.5) is 0 Å². The second-order valence-electron chi connectivity index (χ2n) is 3.32. The van der Waals surface area contributed by atoms with Crippen molar-refractivity contribution in [1.29, 1.82) is 0 Å². The van der Waals surface area contributed by atoms with E-state index >= 15 is 0 Å². The zero-order valence-electron chi connectivity index (χ0n) is 9.46. The summed E-state index contributed by atoms with van der Waals surface area (Å²) >= 11 is 0. The van der Waals surface area contributed by atoms with E-state index in [0.29, 0.717) is 11.1 Å². The van der Waals surface area contributed by atoms with Gasteiger partial charge >= 0.3 is 0 Å². The van der Waals surface area contributed by atoms with Crippen molar-refractivity contribution in [3.63, 3.8) is 0 Å². The SMILES string of the molecule is C=C/C(=C\C(=C)/C(C)=C\C(C)=O)C(C)=O.[HH]. The highest BCUT2D eigenvalue weighted by Crippen LogP contribution is 2.12. The van der Waals surface area contributed by atoms with Crippen molar-refractivity contribution >= 4 is 11.6 Å². The second kappa shape index (κ2) is 5.91. The van der Waals surface area contributed by atoms with Gasteiger partial charge in [0, 0.05) is 7.00 Å². The zero-order chi connectivity index (χ0) is 12.0. The minimum atomic E-state index is -0.0678. The van der Waals surface area contributed by atoms with Gasteiger partial charge in [0.1, 0.15) is 0 Å². The number of carbonyl (C=O) groups excluding carboxylic acids is 2. The first kappa shape index (κ1) is 13.3. The maximum atomic E-state index is 11.1. The van der Waals surface area contributed by atoms with Gasteiger partial charge < -0.3 is 0 Å². The van der Waals surface area contributed by atoms with Crippen LogP contribution in [0.15, 0.2) is 48.1 Å². The molecule has 0 aliphatic heterocycles. The quantitative estimate of drug-likeness (QED) is 0.512. The van der Waals surface area contributed by atoms with Crippen LogP contribution in [0.2, 0.25) is 0 Å². The van der Waals surface area contributed by atoms with E-state index in [9.17, 15) is 9.59 Å². The third kappa shape index (κ3) is 4.91. The molecule has 0 aliphatic rings. The van der Waals surface area contributed by atoms with Crippen LogP contribution in [0.25, 0.3) is 0 Å². The van der Waals surface area contributed by atoms with Crippen molar-refractivity contribution in [2.24, 2.45) is 0 Å². The van der Waals surface area contributed by atoms with E-state index in [2.05, 4.69) is 13.2 Å². The van der Waals surface area contributed by atoms with Crippen LogP contribution < -0.4 is 0 Å². The van der Waals surface area contributed by atoms with Crippen LogP contribution in [0.1, 0.15) is 22.2 Å². The molecule has 2 heteroatoms. The van der Waals surface area contributed by atoms with Crippen molar-refractivity contribution in [3.05, 3.63) is 48.1 Å². The van der Waals surface area contributed by atoms with Gasteiger partial charge in [-0.3, -0.25) is 9.59 Å². The number of rotatable bonds is 5. The Labute approximate surface area is 92.2 Å². The van der Waals surface area contributed by atoms with Crippen molar-refractivity contribution in [3.8, 4) is 0 Å². The number of hydrogen-bond acceptors (Lipinski definition) is 2. The molecule has 0 aliphatic carbocycles. The molecule has 0 radical (unpaired) electrons. The lowest BCUT2D eigenvalue weighted by atomic mass is 10.0. The number of Topliss-reactive ketones (excluding diaryl/α,β-unsaturated/α-hetero) is 1. The Morgan fingerprint density at radius 2 is 1.67 bits per heavy atom.